The van der Waals surface area contributed by atoms with Crippen LogP contribution in [0.1, 0.15) is 6.92 Å². The van der Waals surface area contributed by atoms with Gasteiger partial charge in [-0.1, -0.05) is 6.58 Å². The zero-order valence-corrected chi connectivity index (χ0v) is 8.25. The average Bonchev–Trinajstić information content (AvgIpc) is 2.19. The summed E-state index contributed by atoms with van der Waals surface area (Å²) in [7, 11) is 1.33. The SMILES string of the molecule is C=C.C=C(C)C(=O)OC.OCCO. The van der Waals surface area contributed by atoms with Gasteiger partial charge in [-0.15, -0.1) is 13.2 Å². The minimum atomic E-state index is -0.347. The van der Waals surface area contributed by atoms with E-state index in [4.69, 9.17) is 10.2 Å². The molecule has 0 aromatic heterocycles. The number of hydrogen-bond acceptors (Lipinski definition) is 4. The monoisotopic (exact) mass is 190 g/mol. The molecule has 0 fully saturated rings. The van der Waals surface area contributed by atoms with E-state index in [0.717, 1.165) is 0 Å². The summed E-state index contributed by atoms with van der Waals surface area (Å²) in [5.74, 6) is -0.347. The summed E-state index contributed by atoms with van der Waals surface area (Å²) in [6, 6.07) is 0. The normalized spacial score (nSPS) is 6.77. The molecule has 78 valence electrons. The predicted molar refractivity (Wildman–Crippen MR) is 52.3 cm³/mol. The van der Waals surface area contributed by atoms with Crippen LogP contribution in [0.4, 0.5) is 0 Å². The second-order valence-electron chi connectivity index (χ2n) is 1.72. The number of hydrogen-bond donors (Lipinski definition) is 2. The molecule has 0 aliphatic carbocycles. The number of carbonyl (C=O) groups excluding carboxylic acids is 1. The fourth-order valence-corrected chi connectivity index (χ4v) is 0.174. The Hall–Kier alpha value is -1.13. The van der Waals surface area contributed by atoms with Crippen LogP contribution in [-0.2, 0) is 9.53 Å². The van der Waals surface area contributed by atoms with Crippen LogP contribution in [0.5, 0.6) is 0 Å². The molecule has 0 saturated carbocycles. The van der Waals surface area contributed by atoms with E-state index < -0.39 is 0 Å². The van der Waals surface area contributed by atoms with Gasteiger partial charge in [-0.25, -0.2) is 4.79 Å². The Bertz CT molecular complexity index is 130. The summed E-state index contributed by atoms with van der Waals surface area (Å²) in [4.78, 5) is 10.2. The summed E-state index contributed by atoms with van der Waals surface area (Å²) in [5, 5.41) is 15.2. The molecule has 4 nitrogen and oxygen atoms in total. The molecule has 0 radical (unpaired) electrons. The van der Waals surface area contributed by atoms with Crippen molar-refractivity contribution in [3.8, 4) is 0 Å². The summed E-state index contributed by atoms with van der Waals surface area (Å²) >= 11 is 0. The largest absolute Gasteiger partial charge is 0.466 e. The third kappa shape index (κ3) is 24.8. The van der Waals surface area contributed by atoms with Crippen LogP contribution in [-0.4, -0.2) is 36.5 Å². The fourth-order valence-electron chi connectivity index (χ4n) is 0.174. The first-order valence-electron chi connectivity index (χ1n) is 3.55. The predicted octanol–water partition coefficient (Wildman–Crippen LogP) is 0.509. The van der Waals surface area contributed by atoms with Crippen LogP contribution >= 0.6 is 0 Å². The van der Waals surface area contributed by atoms with Gasteiger partial charge in [0.1, 0.15) is 0 Å². The molecule has 0 aromatic carbocycles. The first-order chi connectivity index (χ1) is 6.09. The lowest BCUT2D eigenvalue weighted by atomic mass is 10.4. The van der Waals surface area contributed by atoms with Crippen LogP contribution in [0.2, 0.25) is 0 Å². The van der Waals surface area contributed by atoms with Crippen LogP contribution in [0.3, 0.4) is 0 Å². The number of aliphatic hydroxyl groups excluding tert-OH is 2. The van der Waals surface area contributed by atoms with E-state index in [0.29, 0.717) is 5.57 Å². The lowest BCUT2D eigenvalue weighted by Gasteiger charge is -1.91. The van der Waals surface area contributed by atoms with Crippen LogP contribution in [0.25, 0.3) is 0 Å². The van der Waals surface area contributed by atoms with Gasteiger partial charge in [0.25, 0.3) is 0 Å². The molecular formula is C9H18O4. The number of aliphatic hydroxyl groups is 2. The van der Waals surface area contributed by atoms with E-state index in [1.165, 1.54) is 7.11 Å². The van der Waals surface area contributed by atoms with Gasteiger partial charge in [-0.2, -0.15) is 0 Å². The van der Waals surface area contributed by atoms with Crippen molar-refractivity contribution < 1.29 is 19.7 Å². The average molecular weight is 190 g/mol. The third-order valence-corrected chi connectivity index (χ3v) is 0.634. The van der Waals surface area contributed by atoms with E-state index in [9.17, 15) is 4.79 Å². The molecule has 0 unspecified atom stereocenters. The second-order valence-corrected chi connectivity index (χ2v) is 1.72. The standard InChI is InChI=1S/C5H8O2.C2H6O2.C2H4/c1-4(2)5(6)7-3;3-1-2-4;1-2/h1H2,2-3H3;3-4H,1-2H2;1-2H2. The first kappa shape index (κ1) is 17.8. The molecule has 13 heavy (non-hydrogen) atoms. The van der Waals surface area contributed by atoms with Gasteiger partial charge in [0.15, 0.2) is 0 Å². The van der Waals surface area contributed by atoms with Crippen molar-refractivity contribution in [2.45, 2.75) is 6.92 Å². The highest BCUT2D eigenvalue weighted by molar-refractivity contribution is 5.86. The van der Waals surface area contributed by atoms with Gasteiger partial charge < -0.3 is 14.9 Å². The smallest absolute Gasteiger partial charge is 0.332 e. The van der Waals surface area contributed by atoms with Crippen LogP contribution in [0, 0.1) is 0 Å². The first-order valence-corrected chi connectivity index (χ1v) is 3.55. The molecule has 2 N–H and O–H groups in total. The minimum absolute atomic E-state index is 0.125. The Labute approximate surface area is 79.2 Å². The number of esters is 1. The molecule has 0 aliphatic heterocycles. The van der Waals surface area contributed by atoms with E-state index in [1.807, 2.05) is 0 Å². The molecular weight excluding hydrogens is 172 g/mol. The quantitative estimate of drug-likeness (QED) is 0.378. The number of methoxy groups -OCH3 is 1. The molecule has 0 saturated heterocycles. The highest BCUT2D eigenvalue weighted by Gasteiger charge is 1.95. The van der Waals surface area contributed by atoms with Gasteiger partial charge in [-0.05, 0) is 6.92 Å². The van der Waals surface area contributed by atoms with Crippen molar-refractivity contribution in [2.24, 2.45) is 0 Å². The maximum Gasteiger partial charge on any atom is 0.332 e. The van der Waals surface area contributed by atoms with Crippen molar-refractivity contribution in [1.82, 2.24) is 0 Å². The zero-order valence-electron chi connectivity index (χ0n) is 8.25. The summed E-state index contributed by atoms with van der Waals surface area (Å²) in [6.45, 7) is 10.7. The van der Waals surface area contributed by atoms with Crippen molar-refractivity contribution in [2.75, 3.05) is 20.3 Å². The zero-order chi connectivity index (χ0) is 11.3. The topological polar surface area (TPSA) is 66.8 Å². The molecule has 0 atom stereocenters. The van der Waals surface area contributed by atoms with Crippen molar-refractivity contribution in [1.29, 1.82) is 0 Å². The highest BCUT2D eigenvalue weighted by Crippen LogP contribution is 1.87. The molecule has 4 heteroatoms. The van der Waals surface area contributed by atoms with Gasteiger partial charge in [0.05, 0.1) is 20.3 Å². The fraction of sp³-hybridized carbons (Fsp3) is 0.444. The Morgan fingerprint density at radius 1 is 1.31 bits per heavy atom. The molecule has 0 bridgehead atoms. The lowest BCUT2D eigenvalue weighted by Crippen LogP contribution is -1.98. The number of carbonyl (C=O) groups is 1. The Morgan fingerprint density at radius 3 is 1.62 bits per heavy atom. The minimum Gasteiger partial charge on any atom is -0.466 e. The molecule has 0 aromatic rings. The van der Waals surface area contributed by atoms with Gasteiger partial charge in [0, 0.05) is 5.57 Å². The molecule has 0 rings (SSSR count). The van der Waals surface area contributed by atoms with Crippen molar-refractivity contribution >= 4 is 5.97 Å². The third-order valence-electron chi connectivity index (χ3n) is 0.634. The molecule has 0 heterocycles. The van der Waals surface area contributed by atoms with E-state index in [1.54, 1.807) is 6.92 Å². The Balaban J connectivity index is -0.000000142. The van der Waals surface area contributed by atoms with Crippen molar-refractivity contribution in [3.05, 3.63) is 25.3 Å². The van der Waals surface area contributed by atoms with Gasteiger partial charge in [0.2, 0.25) is 0 Å². The van der Waals surface area contributed by atoms with Crippen molar-refractivity contribution in [3.63, 3.8) is 0 Å². The molecule has 0 amide bonds. The number of rotatable bonds is 2. The maximum absolute atomic E-state index is 10.2. The second kappa shape index (κ2) is 17.1. The van der Waals surface area contributed by atoms with Crippen LogP contribution < -0.4 is 0 Å². The summed E-state index contributed by atoms with van der Waals surface area (Å²) in [5.41, 5.74) is 0.433. The Morgan fingerprint density at radius 2 is 1.62 bits per heavy atom. The van der Waals surface area contributed by atoms with Gasteiger partial charge in [-0.3, -0.25) is 0 Å². The van der Waals surface area contributed by atoms with E-state index in [2.05, 4.69) is 24.5 Å². The Kier molecular flexibility index (Phi) is 23.4. The summed E-state index contributed by atoms with van der Waals surface area (Å²) in [6.07, 6.45) is 0. The highest BCUT2D eigenvalue weighted by atomic mass is 16.5. The number of ether oxygens (including phenoxy) is 1. The molecule has 0 aliphatic rings. The lowest BCUT2D eigenvalue weighted by molar-refractivity contribution is -0.136. The van der Waals surface area contributed by atoms with E-state index >= 15 is 0 Å². The van der Waals surface area contributed by atoms with E-state index in [-0.39, 0.29) is 19.2 Å². The van der Waals surface area contributed by atoms with Crippen LogP contribution in [0.15, 0.2) is 25.3 Å². The summed E-state index contributed by atoms with van der Waals surface area (Å²) < 4.78 is 4.27. The molecule has 0 spiro atoms. The van der Waals surface area contributed by atoms with Gasteiger partial charge >= 0.3 is 5.97 Å². The maximum atomic E-state index is 10.2.